The maximum Gasteiger partial charge on any atom is 0.303 e. The van der Waals surface area contributed by atoms with Gasteiger partial charge in [-0.05, 0) is 6.42 Å². The van der Waals surface area contributed by atoms with Crippen LogP contribution in [0.25, 0.3) is 0 Å². The number of carbonyl (C=O) groups excluding carboxylic acids is 5. The number of ether oxygens (including phenoxy) is 5. The topological polar surface area (TPSA) is 144 Å². The van der Waals surface area contributed by atoms with Gasteiger partial charge in [-0.3, -0.25) is 24.0 Å². The molecule has 1 N–H and O–H groups in total. The number of hydrogen-bond donors (Lipinski definition) is 1. The van der Waals surface area contributed by atoms with E-state index in [9.17, 15) is 24.0 Å². The van der Waals surface area contributed by atoms with Crippen LogP contribution >= 0.6 is 11.8 Å². The number of esters is 4. The van der Waals surface area contributed by atoms with Gasteiger partial charge in [0, 0.05) is 34.2 Å². The van der Waals surface area contributed by atoms with Crippen molar-refractivity contribution < 1.29 is 47.7 Å². The number of thioether (sulfide) groups is 1. The molecule has 0 aromatic rings. The summed E-state index contributed by atoms with van der Waals surface area (Å²) in [6.45, 7) is 7.17. The van der Waals surface area contributed by atoms with E-state index in [1.54, 1.807) is 0 Å². The molecule has 0 aromatic heterocycles. The summed E-state index contributed by atoms with van der Waals surface area (Å²) in [4.78, 5) is 59.6. The Hall–Kier alpha value is -2.34. The number of carbonyl (C=O) groups is 5. The van der Waals surface area contributed by atoms with Gasteiger partial charge in [-0.1, -0.05) is 64.7 Å². The Morgan fingerprint density at radius 1 is 0.675 bits per heavy atom. The van der Waals surface area contributed by atoms with Gasteiger partial charge in [0.1, 0.15) is 18.1 Å². The van der Waals surface area contributed by atoms with Crippen LogP contribution in [0.4, 0.5) is 0 Å². The molecule has 40 heavy (non-hydrogen) atoms. The summed E-state index contributed by atoms with van der Waals surface area (Å²) in [6.07, 6.45) is 7.33. The highest BCUT2D eigenvalue weighted by Gasteiger charge is 2.52. The molecule has 1 rings (SSSR count). The van der Waals surface area contributed by atoms with Crippen LogP contribution < -0.4 is 5.32 Å². The molecule has 230 valence electrons. The lowest BCUT2D eigenvalue weighted by molar-refractivity contribution is -0.237. The minimum Gasteiger partial charge on any atom is -0.463 e. The molecule has 0 spiro atoms. The first-order valence-corrected chi connectivity index (χ1v) is 15.3. The fourth-order valence-electron chi connectivity index (χ4n) is 4.37. The van der Waals surface area contributed by atoms with Crippen molar-refractivity contribution >= 4 is 41.5 Å². The predicted octanol–water partition coefficient (Wildman–Crippen LogP) is 3.84. The second kappa shape index (κ2) is 20.5. The van der Waals surface area contributed by atoms with Gasteiger partial charge in [-0.15, -0.1) is 11.8 Å². The Morgan fingerprint density at radius 3 is 1.70 bits per heavy atom. The van der Waals surface area contributed by atoms with Crippen molar-refractivity contribution in [2.45, 2.75) is 129 Å². The zero-order chi connectivity index (χ0) is 29.9. The zero-order valence-corrected chi connectivity index (χ0v) is 25.4. The van der Waals surface area contributed by atoms with Crippen molar-refractivity contribution in [1.29, 1.82) is 0 Å². The number of amides is 1. The second-order valence-electron chi connectivity index (χ2n) is 9.91. The molecule has 0 aliphatic carbocycles. The molecule has 0 radical (unpaired) electrons. The van der Waals surface area contributed by atoms with E-state index < -0.39 is 53.7 Å². The number of hydrogen-bond acceptors (Lipinski definition) is 11. The Morgan fingerprint density at radius 2 is 1.18 bits per heavy atom. The van der Waals surface area contributed by atoms with Gasteiger partial charge < -0.3 is 29.0 Å². The summed E-state index contributed by atoms with van der Waals surface area (Å²) in [7, 11) is 0. The van der Waals surface area contributed by atoms with Crippen molar-refractivity contribution in [3.05, 3.63) is 0 Å². The Balaban J connectivity index is 2.69. The van der Waals surface area contributed by atoms with Gasteiger partial charge in [-0.25, -0.2) is 0 Å². The fraction of sp³-hybridized carbons (Fsp3) is 0.821. The van der Waals surface area contributed by atoms with Crippen LogP contribution in [0.15, 0.2) is 0 Å². The van der Waals surface area contributed by atoms with E-state index in [-0.39, 0.29) is 18.3 Å². The minimum atomic E-state index is -1.24. The third-order valence-corrected chi connectivity index (χ3v) is 7.32. The molecule has 0 saturated carbocycles. The predicted molar refractivity (Wildman–Crippen MR) is 149 cm³/mol. The molecule has 0 unspecified atom stereocenters. The average Bonchev–Trinajstić information content (AvgIpc) is 2.87. The van der Waals surface area contributed by atoms with Crippen LogP contribution in [0.2, 0.25) is 0 Å². The van der Waals surface area contributed by atoms with Gasteiger partial charge in [0.25, 0.3) is 0 Å². The van der Waals surface area contributed by atoms with Gasteiger partial charge >= 0.3 is 23.9 Å². The number of unbranched alkanes of at least 4 members (excludes halogenated alkanes) is 9. The second-order valence-corrected chi connectivity index (χ2v) is 11.0. The van der Waals surface area contributed by atoms with Crippen molar-refractivity contribution in [1.82, 2.24) is 5.32 Å². The zero-order valence-electron chi connectivity index (χ0n) is 24.6. The van der Waals surface area contributed by atoms with Crippen molar-refractivity contribution in [2.75, 3.05) is 18.9 Å². The molecular weight excluding hydrogens is 542 g/mol. The first-order chi connectivity index (χ1) is 19.0. The molecule has 0 aromatic carbocycles. The van der Waals surface area contributed by atoms with Crippen molar-refractivity contribution in [2.24, 2.45) is 0 Å². The van der Waals surface area contributed by atoms with E-state index >= 15 is 0 Å². The highest BCUT2D eigenvalue weighted by atomic mass is 32.2. The maximum atomic E-state index is 12.5. The summed E-state index contributed by atoms with van der Waals surface area (Å²) in [5.74, 6) is -2.92. The smallest absolute Gasteiger partial charge is 0.303 e. The number of nitrogens with one attached hydrogen (secondary N) is 1. The summed E-state index contributed by atoms with van der Waals surface area (Å²) in [5, 5.41) is 2.89. The fourth-order valence-corrected chi connectivity index (χ4v) is 5.41. The lowest BCUT2D eigenvalue weighted by Crippen LogP contribution is -2.61. The van der Waals surface area contributed by atoms with Crippen LogP contribution in [-0.2, 0) is 47.7 Å². The first kappa shape index (κ1) is 35.7. The average molecular weight is 590 g/mol. The molecule has 0 bridgehead atoms. The Labute approximate surface area is 242 Å². The summed E-state index contributed by atoms with van der Waals surface area (Å²) >= 11 is 1.04. The van der Waals surface area contributed by atoms with Gasteiger partial charge in [0.05, 0.1) is 5.75 Å². The normalized spacial score (nSPS) is 22.2. The number of rotatable bonds is 19. The molecule has 5 atom stereocenters. The van der Waals surface area contributed by atoms with E-state index in [1.807, 2.05) is 0 Å². The van der Waals surface area contributed by atoms with E-state index in [0.717, 1.165) is 44.9 Å². The first-order valence-electron chi connectivity index (χ1n) is 14.2. The van der Waals surface area contributed by atoms with Crippen LogP contribution in [0.3, 0.4) is 0 Å². The van der Waals surface area contributed by atoms with E-state index in [0.29, 0.717) is 6.54 Å². The third-order valence-electron chi connectivity index (χ3n) is 6.18. The van der Waals surface area contributed by atoms with E-state index in [2.05, 4.69) is 12.2 Å². The molecule has 12 heteroatoms. The molecule has 1 amide bonds. The summed E-state index contributed by atoms with van der Waals surface area (Å²) in [5.41, 5.74) is -0.969. The Kier molecular flexibility index (Phi) is 18.3. The van der Waals surface area contributed by atoms with Gasteiger partial charge in [0.15, 0.2) is 18.3 Å². The summed E-state index contributed by atoms with van der Waals surface area (Å²) in [6, 6.07) is 0. The van der Waals surface area contributed by atoms with Crippen LogP contribution in [0, 0.1) is 0 Å². The van der Waals surface area contributed by atoms with Crippen LogP contribution in [-0.4, -0.2) is 78.5 Å². The third kappa shape index (κ3) is 15.4. The van der Waals surface area contributed by atoms with Crippen molar-refractivity contribution in [3.63, 3.8) is 0 Å². The molecule has 11 nitrogen and oxygen atoms in total. The molecule has 1 fully saturated rings. The largest absolute Gasteiger partial charge is 0.463 e. The molecular formula is C28H47NO10S. The SMILES string of the molecule is CCCCCCCCCCCCNC(=O)CS[C@@H]1O[C@H](COC(C)=O)[C@@H](OC(C)=O)[C@H](OC(C)=O)[C@H]1OC(C)=O. The van der Waals surface area contributed by atoms with Crippen molar-refractivity contribution in [3.8, 4) is 0 Å². The molecule has 1 saturated heterocycles. The monoisotopic (exact) mass is 589 g/mol. The summed E-state index contributed by atoms with van der Waals surface area (Å²) < 4.78 is 27.2. The highest BCUT2D eigenvalue weighted by molar-refractivity contribution is 8.00. The van der Waals surface area contributed by atoms with E-state index in [1.165, 1.54) is 58.8 Å². The van der Waals surface area contributed by atoms with Crippen LogP contribution in [0.1, 0.15) is 98.8 Å². The molecule has 1 aliphatic rings. The highest BCUT2D eigenvalue weighted by Crippen LogP contribution is 2.34. The van der Waals surface area contributed by atoms with Crippen LogP contribution in [0.5, 0.6) is 0 Å². The minimum absolute atomic E-state index is 0.0223. The standard InChI is InChI=1S/C28H47NO10S/c1-6-7-8-9-10-11-12-13-14-15-16-29-24(34)18-40-28-27(38-22(5)33)26(37-21(4)32)25(36-20(3)31)23(39-28)17-35-19(2)30/h23,25-28H,6-18H2,1-5H3,(H,29,34)/t23-,25-,26+,27-,28+/m1/s1. The molecule has 1 aliphatic heterocycles. The molecule has 1 heterocycles. The van der Waals surface area contributed by atoms with Gasteiger partial charge in [-0.2, -0.15) is 0 Å². The van der Waals surface area contributed by atoms with E-state index in [4.69, 9.17) is 23.7 Å². The maximum absolute atomic E-state index is 12.5. The lowest BCUT2D eigenvalue weighted by Gasteiger charge is -2.44. The Bertz CT molecular complexity index is 808. The van der Waals surface area contributed by atoms with Gasteiger partial charge in [0.2, 0.25) is 5.91 Å². The lowest BCUT2D eigenvalue weighted by atomic mass is 9.99. The quantitative estimate of drug-likeness (QED) is 0.133.